The number of hydrogen-bond acceptors (Lipinski definition) is 8. The summed E-state index contributed by atoms with van der Waals surface area (Å²) in [6, 6.07) is 0. The summed E-state index contributed by atoms with van der Waals surface area (Å²) in [6.07, 6.45) is 5.69. The molecule has 0 spiro atoms. The molecule has 1 aliphatic rings. The molecule has 28 heavy (non-hydrogen) atoms. The molecule has 0 bridgehead atoms. The molecule has 8 heteroatoms. The number of esters is 1. The van der Waals surface area contributed by atoms with Crippen molar-refractivity contribution in [2.45, 2.75) is 114 Å². The summed E-state index contributed by atoms with van der Waals surface area (Å²) in [4.78, 5) is 11.9. The van der Waals surface area contributed by atoms with Gasteiger partial charge in [0.1, 0.15) is 18.3 Å². The Labute approximate surface area is 167 Å². The summed E-state index contributed by atoms with van der Waals surface area (Å²) < 4.78 is 9.69. The number of aliphatic hydroxyl groups excluding tert-OH is 4. The Hall–Kier alpha value is -0.770. The second-order valence-electron chi connectivity index (χ2n) is 7.66. The van der Waals surface area contributed by atoms with Crippen molar-refractivity contribution in [2.75, 3.05) is 6.61 Å². The van der Waals surface area contributed by atoms with E-state index in [0.29, 0.717) is 6.42 Å². The van der Waals surface area contributed by atoms with E-state index in [4.69, 9.17) is 14.6 Å². The predicted octanol–water partition coefficient (Wildman–Crippen LogP) is 1.35. The molecule has 5 atom stereocenters. The van der Waals surface area contributed by atoms with Crippen LogP contribution in [0.15, 0.2) is 0 Å². The minimum Gasteiger partial charge on any atom is -0.406 e. The molecule has 1 rings (SSSR count). The van der Waals surface area contributed by atoms with Gasteiger partial charge in [-0.1, -0.05) is 71.1 Å². The Bertz CT molecular complexity index is 430. The van der Waals surface area contributed by atoms with Crippen LogP contribution in [0.5, 0.6) is 0 Å². The maximum atomic E-state index is 11.9. The Balaban J connectivity index is 2.17. The monoisotopic (exact) mass is 406 g/mol. The molecule has 0 aromatic heterocycles. The van der Waals surface area contributed by atoms with E-state index in [9.17, 15) is 25.2 Å². The molecule has 0 aliphatic carbocycles. The molecule has 1 unspecified atom stereocenters. The van der Waals surface area contributed by atoms with E-state index in [0.717, 1.165) is 19.3 Å². The maximum Gasteiger partial charge on any atom is 0.357 e. The molecule has 0 saturated carbocycles. The number of carbonyl (C=O) groups excluding carboxylic acids is 1. The van der Waals surface area contributed by atoms with Crippen LogP contribution in [0.2, 0.25) is 0 Å². The fourth-order valence-corrected chi connectivity index (χ4v) is 3.36. The van der Waals surface area contributed by atoms with Crippen LogP contribution in [0.25, 0.3) is 0 Å². The quantitative estimate of drug-likeness (QED) is 0.166. The average Bonchev–Trinajstić information content (AvgIpc) is 2.67. The van der Waals surface area contributed by atoms with E-state index < -0.39 is 43.0 Å². The van der Waals surface area contributed by atoms with Crippen molar-refractivity contribution in [1.82, 2.24) is 0 Å². The van der Waals surface area contributed by atoms with E-state index in [-0.39, 0.29) is 6.42 Å². The normalized spacial score (nSPS) is 30.4. The average molecular weight is 407 g/mol. The van der Waals surface area contributed by atoms with Gasteiger partial charge in [0, 0.05) is 6.42 Å². The van der Waals surface area contributed by atoms with Gasteiger partial charge in [0.2, 0.25) is 0 Å². The first kappa shape index (κ1) is 25.3. The van der Waals surface area contributed by atoms with Crippen molar-refractivity contribution in [3.63, 3.8) is 0 Å². The van der Waals surface area contributed by atoms with Gasteiger partial charge in [-0.15, -0.1) is 0 Å². The van der Waals surface area contributed by atoms with E-state index in [2.05, 4.69) is 6.92 Å². The number of aliphatic hydroxyl groups is 5. The molecular weight excluding hydrogens is 368 g/mol. The first-order valence-electron chi connectivity index (χ1n) is 10.6. The predicted molar refractivity (Wildman–Crippen MR) is 102 cm³/mol. The number of carbonyl (C=O) groups is 1. The van der Waals surface area contributed by atoms with Gasteiger partial charge in [-0.05, 0) is 6.42 Å². The van der Waals surface area contributed by atoms with Crippen molar-refractivity contribution in [1.29, 1.82) is 0 Å². The summed E-state index contributed by atoms with van der Waals surface area (Å²) in [7, 11) is 0. The molecule has 1 heterocycles. The fraction of sp³-hybridized carbons (Fsp3) is 0.950. The van der Waals surface area contributed by atoms with Crippen molar-refractivity contribution >= 4 is 5.97 Å². The third-order valence-corrected chi connectivity index (χ3v) is 5.17. The Morgan fingerprint density at radius 1 is 0.893 bits per heavy atom. The van der Waals surface area contributed by atoms with Crippen LogP contribution in [-0.2, 0) is 14.3 Å². The molecule has 0 radical (unpaired) electrons. The smallest absolute Gasteiger partial charge is 0.357 e. The summed E-state index contributed by atoms with van der Waals surface area (Å²) in [5, 5.41) is 48.5. The van der Waals surface area contributed by atoms with Crippen LogP contribution in [0.4, 0.5) is 0 Å². The minimum absolute atomic E-state index is 0.0395. The van der Waals surface area contributed by atoms with Gasteiger partial charge < -0.3 is 35.0 Å². The summed E-state index contributed by atoms with van der Waals surface area (Å²) in [6.45, 7) is 1.49. The molecule has 1 fully saturated rings. The van der Waals surface area contributed by atoms with Gasteiger partial charge in [0.25, 0.3) is 0 Å². The lowest BCUT2D eigenvalue weighted by molar-refractivity contribution is -0.434. The zero-order valence-corrected chi connectivity index (χ0v) is 17.0. The Morgan fingerprint density at radius 2 is 1.39 bits per heavy atom. The van der Waals surface area contributed by atoms with Gasteiger partial charge in [0.15, 0.2) is 6.10 Å². The Morgan fingerprint density at radius 3 is 1.89 bits per heavy atom. The fourth-order valence-electron chi connectivity index (χ4n) is 3.36. The summed E-state index contributed by atoms with van der Waals surface area (Å²) >= 11 is 0. The van der Waals surface area contributed by atoms with E-state index >= 15 is 0 Å². The molecule has 166 valence electrons. The number of ether oxygens (including phenoxy) is 2. The van der Waals surface area contributed by atoms with Crippen LogP contribution in [0.3, 0.4) is 0 Å². The van der Waals surface area contributed by atoms with Crippen molar-refractivity contribution < 1.29 is 39.8 Å². The van der Waals surface area contributed by atoms with Gasteiger partial charge in [-0.3, -0.25) is 4.79 Å². The second-order valence-corrected chi connectivity index (χ2v) is 7.66. The Kier molecular flexibility index (Phi) is 12.1. The molecule has 0 aromatic rings. The number of rotatable bonds is 14. The van der Waals surface area contributed by atoms with Crippen LogP contribution < -0.4 is 0 Å². The van der Waals surface area contributed by atoms with Crippen molar-refractivity contribution in [3.05, 3.63) is 0 Å². The third kappa shape index (κ3) is 8.31. The first-order valence-corrected chi connectivity index (χ1v) is 10.6. The van der Waals surface area contributed by atoms with Crippen molar-refractivity contribution in [2.24, 2.45) is 0 Å². The van der Waals surface area contributed by atoms with E-state index in [1.165, 1.54) is 44.9 Å². The lowest BCUT2D eigenvalue weighted by Crippen LogP contribution is -2.66. The lowest BCUT2D eigenvalue weighted by atomic mass is 9.98. The van der Waals surface area contributed by atoms with Gasteiger partial charge in [0.05, 0.1) is 6.61 Å². The molecule has 1 aliphatic heterocycles. The summed E-state index contributed by atoms with van der Waals surface area (Å²) in [5.41, 5.74) is 0. The topological polar surface area (TPSA) is 137 Å². The van der Waals surface area contributed by atoms with Crippen LogP contribution >= 0.6 is 0 Å². The molecule has 8 nitrogen and oxygen atoms in total. The molecule has 0 amide bonds. The van der Waals surface area contributed by atoms with Crippen LogP contribution in [-0.4, -0.2) is 68.5 Å². The highest BCUT2D eigenvalue weighted by atomic mass is 16.8. The number of hydrogen-bond donors (Lipinski definition) is 5. The zero-order chi connectivity index (χ0) is 21.0. The van der Waals surface area contributed by atoms with Crippen molar-refractivity contribution in [3.8, 4) is 0 Å². The molecule has 5 N–H and O–H groups in total. The highest BCUT2D eigenvalue weighted by Crippen LogP contribution is 2.29. The lowest BCUT2D eigenvalue weighted by Gasteiger charge is -2.43. The van der Waals surface area contributed by atoms with Crippen LogP contribution in [0, 0.1) is 0 Å². The van der Waals surface area contributed by atoms with Gasteiger partial charge >= 0.3 is 11.9 Å². The summed E-state index contributed by atoms with van der Waals surface area (Å²) in [5.74, 6) is -3.57. The first-order chi connectivity index (χ1) is 13.4. The standard InChI is InChI=1S/C20H38O8/c1-2-3-4-5-6-7-8-9-10-11-12-13-16(22)28-20(26)19(25)18(24)17(23)15(14-21)27-20/h15,17-19,21,23-26H,2-14H2,1H3/t15-,17-,18+,19-,20?/m1/s1. The molecule has 0 aromatic carbocycles. The number of unbranched alkanes of at least 4 members (excludes halogenated alkanes) is 10. The van der Waals surface area contributed by atoms with Crippen LogP contribution in [0.1, 0.15) is 84.0 Å². The molecular formula is C20H38O8. The highest BCUT2D eigenvalue weighted by Gasteiger charge is 2.55. The highest BCUT2D eigenvalue weighted by molar-refractivity contribution is 5.69. The third-order valence-electron chi connectivity index (χ3n) is 5.17. The van der Waals surface area contributed by atoms with E-state index in [1.807, 2.05) is 0 Å². The van der Waals surface area contributed by atoms with Gasteiger partial charge in [-0.2, -0.15) is 0 Å². The molecule has 1 saturated heterocycles. The largest absolute Gasteiger partial charge is 0.406 e. The van der Waals surface area contributed by atoms with E-state index in [1.54, 1.807) is 0 Å². The zero-order valence-electron chi connectivity index (χ0n) is 17.0. The SMILES string of the molecule is CCCCCCCCCCCCCC(=O)OC1(O)O[C@H](CO)[C@@H](O)[C@H](O)[C@H]1O. The minimum atomic E-state index is -2.79. The van der Waals surface area contributed by atoms with Gasteiger partial charge in [-0.25, -0.2) is 0 Å². The maximum absolute atomic E-state index is 11.9. The second kappa shape index (κ2) is 13.5.